The molecule has 1 aromatic carbocycles. The predicted molar refractivity (Wildman–Crippen MR) is 86.8 cm³/mol. The van der Waals surface area contributed by atoms with Crippen molar-refractivity contribution in [2.75, 3.05) is 5.32 Å². The zero-order valence-electron chi connectivity index (χ0n) is 13.0. The number of carboxylic acid groups (broad SMARTS) is 1. The average Bonchev–Trinajstić information content (AvgIpc) is 2.49. The van der Waals surface area contributed by atoms with Crippen molar-refractivity contribution in [1.29, 1.82) is 0 Å². The number of pyridine rings is 1. The van der Waals surface area contributed by atoms with Gasteiger partial charge in [-0.1, -0.05) is 12.1 Å². The van der Waals surface area contributed by atoms with Crippen LogP contribution >= 0.6 is 0 Å². The summed E-state index contributed by atoms with van der Waals surface area (Å²) in [5.41, 5.74) is 1.89. The number of aromatic carboxylic acids is 1. The Morgan fingerprint density at radius 1 is 1.17 bits per heavy atom. The fraction of sp³-hybridized carbons (Fsp3) is 0.235. The van der Waals surface area contributed by atoms with Crippen LogP contribution in [0.3, 0.4) is 0 Å². The van der Waals surface area contributed by atoms with Crippen molar-refractivity contribution < 1.29 is 14.7 Å². The molecule has 0 saturated carbocycles. The summed E-state index contributed by atoms with van der Waals surface area (Å²) in [6.07, 6.45) is 1.74. The first-order valence-electron chi connectivity index (χ1n) is 7.18. The molecule has 23 heavy (non-hydrogen) atoms. The lowest BCUT2D eigenvalue weighted by Gasteiger charge is -2.12. The molecule has 0 radical (unpaired) electrons. The highest BCUT2D eigenvalue weighted by molar-refractivity contribution is 5.95. The van der Waals surface area contributed by atoms with Crippen molar-refractivity contribution >= 4 is 17.6 Å². The maximum absolute atomic E-state index is 12.0. The second-order valence-corrected chi connectivity index (χ2v) is 5.32. The molecule has 0 aliphatic heterocycles. The highest BCUT2D eigenvalue weighted by Gasteiger charge is 2.12. The van der Waals surface area contributed by atoms with Gasteiger partial charge >= 0.3 is 5.97 Å². The Bertz CT molecular complexity index is 808. The zero-order valence-corrected chi connectivity index (χ0v) is 13.0. The van der Waals surface area contributed by atoms with Crippen LogP contribution in [0.5, 0.6) is 0 Å². The van der Waals surface area contributed by atoms with Gasteiger partial charge in [0.25, 0.3) is 5.56 Å². The SMILES string of the molecule is Cc1cc(C)c(C(=O)O)cc1NC(=O)CCn1ccccc1=O. The van der Waals surface area contributed by atoms with Crippen LogP contribution < -0.4 is 10.9 Å². The van der Waals surface area contributed by atoms with Gasteiger partial charge in [0.1, 0.15) is 0 Å². The molecule has 0 aliphatic carbocycles. The molecule has 6 heteroatoms. The number of rotatable bonds is 5. The van der Waals surface area contributed by atoms with Crippen LogP contribution in [0.2, 0.25) is 0 Å². The van der Waals surface area contributed by atoms with E-state index in [-0.39, 0.29) is 30.0 Å². The minimum atomic E-state index is -1.03. The fourth-order valence-corrected chi connectivity index (χ4v) is 2.30. The Morgan fingerprint density at radius 3 is 2.57 bits per heavy atom. The van der Waals surface area contributed by atoms with Crippen LogP contribution in [0.4, 0.5) is 5.69 Å². The molecule has 2 N–H and O–H groups in total. The Hall–Kier alpha value is -2.89. The lowest BCUT2D eigenvalue weighted by molar-refractivity contribution is -0.116. The Morgan fingerprint density at radius 2 is 1.91 bits per heavy atom. The Labute approximate surface area is 133 Å². The number of aryl methyl sites for hydroxylation is 3. The molecule has 0 saturated heterocycles. The van der Waals surface area contributed by atoms with Gasteiger partial charge in [0.2, 0.25) is 5.91 Å². The normalized spacial score (nSPS) is 10.3. The van der Waals surface area contributed by atoms with Crippen LogP contribution in [0.15, 0.2) is 41.3 Å². The van der Waals surface area contributed by atoms with Gasteiger partial charge in [-0.05, 0) is 37.1 Å². The van der Waals surface area contributed by atoms with Crippen molar-refractivity contribution in [1.82, 2.24) is 4.57 Å². The van der Waals surface area contributed by atoms with Gasteiger partial charge < -0.3 is 15.0 Å². The molecule has 1 heterocycles. The van der Waals surface area contributed by atoms with E-state index in [2.05, 4.69) is 5.32 Å². The number of anilines is 1. The third-order valence-electron chi connectivity index (χ3n) is 3.55. The number of aromatic nitrogens is 1. The van der Waals surface area contributed by atoms with E-state index in [1.54, 1.807) is 38.2 Å². The van der Waals surface area contributed by atoms with Gasteiger partial charge in [0.05, 0.1) is 5.56 Å². The van der Waals surface area contributed by atoms with Crippen LogP contribution in [0.1, 0.15) is 27.9 Å². The van der Waals surface area contributed by atoms with E-state index in [0.717, 1.165) is 5.56 Å². The van der Waals surface area contributed by atoms with E-state index >= 15 is 0 Å². The highest BCUT2D eigenvalue weighted by Crippen LogP contribution is 2.21. The molecule has 0 atom stereocenters. The summed E-state index contributed by atoms with van der Waals surface area (Å²) in [6.45, 7) is 3.78. The first-order chi connectivity index (χ1) is 10.9. The molecular weight excluding hydrogens is 296 g/mol. The number of nitrogens with zero attached hydrogens (tertiary/aromatic N) is 1. The Balaban J connectivity index is 2.08. The van der Waals surface area contributed by atoms with Crippen molar-refractivity contribution in [3.63, 3.8) is 0 Å². The summed E-state index contributed by atoms with van der Waals surface area (Å²) < 4.78 is 1.45. The highest BCUT2D eigenvalue weighted by atomic mass is 16.4. The van der Waals surface area contributed by atoms with Crippen LogP contribution in [-0.4, -0.2) is 21.6 Å². The van der Waals surface area contributed by atoms with Crippen LogP contribution in [-0.2, 0) is 11.3 Å². The van der Waals surface area contributed by atoms with E-state index in [1.165, 1.54) is 16.7 Å². The van der Waals surface area contributed by atoms with Crippen molar-refractivity contribution in [2.24, 2.45) is 0 Å². The van der Waals surface area contributed by atoms with E-state index in [1.807, 2.05) is 0 Å². The molecular formula is C17H18N2O4. The molecule has 120 valence electrons. The number of benzene rings is 1. The van der Waals surface area contributed by atoms with Crippen LogP contribution in [0.25, 0.3) is 0 Å². The fourth-order valence-electron chi connectivity index (χ4n) is 2.30. The molecule has 0 unspecified atom stereocenters. The molecule has 0 fully saturated rings. The summed E-state index contributed by atoms with van der Waals surface area (Å²) in [5, 5.41) is 11.9. The van der Waals surface area contributed by atoms with Crippen molar-refractivity contribution in [3.05, 3.63) is 63.6 Å². The predicted octanol–water partition coefficient (Wildman–Crippen LogP) is 2.19. The number of carbonyl (C=O) groups is 2. The molecule has 1 aromatic heterocycles. The first kappa shape index (κ1) is 16.5. The third-order valence-corrected chi connectivity index (χ3v) is 3.55. The minimum Gasteiger partial charge on any atom is -0.478 e. The van der Waals surface area contributed by atoms with Gasteiger partial charge in [-0.15, -0.1) is 0 Å². The van der Waals surface area contributed by atoms with Gasteiger partial charge in [-0.3, -0.25) is 9.59 Å². The third kappa shape index (κ3) is 4.06. The van der Waals surface area contributed by atoms with Gasteiger partial charge in [0.15, 0.2) is 0 Å². The van der Waals surface area contributed by atoms with Gasteiger partial charge in [-0.2, -0.15) is 0 Å². The first-order valence-corrected chi connectivity index (χ1v) is 7.18. The lowest BCUT2D eigenvalue weighted by atomic mass is 10.0. The molecule has 6 nitrogen and oxygen atoms in total. The largest absolute Gasteiger partial charge is 0.478 e. The summed E-state index contributed by atoms with van der Waals surface area (Å²) in [5.74, 6) is -1.31. The molecule has 2 aromatic rings. The molecule has 1 amide bonds. The molecule has 0 spiro atoms. The van der Waals surface area contributed by atoms with Crippen molar-refractivity contribution in [3.8, 4) is 0 Å². The molecule has 2 rings (SSSR count). The Kier molecular flexibility index (Phi) is 4.95. The minimum absolute atomic E-state index is 0.125. The van der Waals surface area contributed by atoms with E-state index < -0.39 is 5.97 Å². The monoisotopic (exact) mass is 314 g/mol. The second-order valence-electron chi connectivity index (χ2n) is 5.32. The smallest absolute Gasteiger partial charge is 0.336 e. The summed E-state index contributed by atoms with van der Waals surface area (Å²) in [7, 11) is 0. The van der Waals surface area contributed by atoms with E-state index in [0.29, 0.717) is 11.3 Å². The standard InChI is InChI=1S/C17H18N2O4/c1-11-9-12(2)14(10-13(11)17(22)23)18-15(20)6-8-19-7-4-3-5-16(19)21/h3-5,7,9-10H,6,8H2,1-2H3,(H,18,20)(H,22,23). The van der Waals surface area contributed by atoms with Crippen LogP contribution in [0, 0.1) is 13.8 Å². The summed E-state index contributed by atoms with van der Waals surface area (Å²) in [6, 6.07) is 7.98. The van der Waals surface area contributed by atoms with Gasteiger partial charge in [-0.25, -0.2) is 4.79 Å². The van der Waals surface area contributed by atoms with Gasteiger partial charge in [0, 0.05) is 30.9 Å². The molecule has 0 bridgehead atoms. The summed E-state index contributed by atoms with van der Waals surface area (Å²) >= 11 is 0. The maximum atomic E-state index is 12.0. The van der Waals surface area contributed by atoms with E-state index in [4.69, 9.17) is 5.11 Å². The quantitative estimate of drug-likeness (QED) is 0.885. The number of hydrogen-bond acceptors (Lipinski definition) is 3. The number of carboxylic acids is 1. The lowest BCUT2D eigenvalue weighted by Crippen LogP contribution is -2.22. The second kappa shape index (κ2) is 6.91. The van der Waals surface area contributed by atoms with Crippen molar-refractivity contribution in [2.45, 2.75) is 26.8 Å². The average molecular weight is 314 g/mol. The topological polar surface area (TPSA) is 88.4 Å². The maximum Gasteiger partial charge on any atom is 0.336 e. The summed E-state index contributed by atoms with van der Waals surface area (Å²) in [4.78, 5) is 34.8. The number of carbonyl (C=O) groups excluding carboxylic acids is 1. The number of hydrogen-bond donors (Lipinski definition) is 2. The molecule has 0 aliphatic rings. The number of nitrogens with one attached hydrogen (secondary N) is 1. The number of amides is 1. The zero-order chi connectivity index (χ0) is 17.0. The van der Waals surface area contributed by atoms with E-state index in [9.17, 15) is 14.4 Å².